The Morgan fingerprint density at radius 1 is 1.26 bits per heavy atom. The van der Waals surface area contributed by atoms with Gasteiger partial charge in [-0.25, -0.2) is 13.2 Å². The molecule has 0 saturated heterocycles. The molecule has 0 spiro atoms. The van der Waals surface area contributed by atoms with Crippen molar-refractivity contribution < 1.29 is 13.2 Å². The van der Waals surface area contributed by atoms with Crippen LogP contribution in [0.15, 0.2) is 28.1 Å². The van der Waals surface area contributed by atoms with Gasteiger partial charge in [-0.05, 0) is 43.0 Å². The Kier molecular flexibility index (Phi) is 3.61. The summed E-state index contributed by atoms with van der Waals surface area (Å²) in [5.41, 5.74) is 1.31. The molecule has 2 rings (SSSR count). The van der Waals surface area contributed by atoms with Crippen molar-refractivity contribution in [2.45, 2.75) is 43.0 Å². The van der Waals surface area contributed by atoms with Gasteiger partial charge in [0.1, 0.15) is 0 Å². The quantitative estimate of drug-likeness (QED) is 0.631. The third kappa shape index (κ3) is 2.62. The molecule has 0 amide bonds. The van der Waals surface area contributed by atoms with Crippen LogP contribution in [-0.2, 0) is 20.2 Å². The molecule has 19 heavy (non-hydrogen) atoms. The summed E-state index contributed by atoms with van der Waals surface area (Å²) in [6.07, 6.45) is 6.56. The van der Waals surface area contributed by atoms with Crippen LogP contribution in [0.3, 0.4) is 0 Å². The summed E-state index contributed by atoms with van der Waals surface area (Å²) in [5, 5.41) is 0. The summed E-state index contributed by atoms with van der Waals surface area (Å²) in [6.45, 7) is 1.87. The van der Waals surface area contributed by atoms with Gasteiger partial charge in [-0.3, -0.25) is 0 Å². The number of hydrogen-bond donors (Lipinski definition) is 0. The molecule has 0 aromatic heterocycles. The van der Waals surface area contributed by atoms with E-state index in [4.69, 9.17) is 0 Å². The van der Waals surface area contributed by atoms with Gasteiger partial charge in [0.05, 0.1) is 10.4 Å². The fraction of sp³-hybridized carbons (Fsp3) is 0.500. The van der Waals surface area contributed by atoms with E-state index in [1.807, 2.05) is 6.92 Å². The average Bonchev–Trinajstić information content (AvgIpc) is 2.77. The van der Waals surface area contributed by atoms with Gasteiger partial charge in [-0.2, -0.15) is 4.99 Å². The Bertz CT molecular complexity index is 637. The molecule has 1 aliphatic carbocycles. The Morgan fingerprint density at radius 3 is 2.37 bits per heavy atom. The molecule has 1 fully saturated rings. The first-order valence-electron chi connectivity index (χ1n) is 6.29. The van der Waals surface area contributed by atoms with E-state index in [9.17, 15) is 13.2 Å². The van der Waals surface area contributed by atoms with E-state index in [1.165, 1.54) is 6.26 Å². The lowest BCUT2D eigenvalue weighted by atomic mass is 9.86. The van der Waals surface area contributed by atoms with Crippen molar-refractivity contribution in [1.29, 1.82) is 0 Å². The first kappa shape index (κ1) is 14.0. The molecule has 0 unspecified atom stereocenters. The van der Waals surface area contributed by atoms with Gasteiger partial charge < -0.3 is 0 Å². The smallest absolute Gasteiger partial charge is 0.224 e. The fourth-order valence-electron chi connectivity index (χ4n) is 2.88. The van der Waals surface area contributed by atoms with Crippen LogP contribution in [0.2, 0.25) is 0 Å². The molecule has 5 heteroatoms. The Balaban J connectivity index is 2.54. The molecule has 1 saturated carbocycles. The number of carbonyl (C=O) groups excluding carboxylic acids is 1. The minimum absolute atomic E-state index is 0.303. The van der Waals surface area contributed by atoms with Crippen molar-refractivity contribution in [2.75, 3.05) is 6.26 Å². The van der Waals surface area contributed by atoms with Crippen molar-refractivity contribution in [3.63, 3.8) is 0 Å². The summed E-state index contributed by atoms with van der Waals surface area (Å²) in [4.78, 5) is 15.0. The van der Waals surface area contributed by atoms with Crippen LogP contribution >= 0.6 is 0 Å². The van der Waals surface area contributed by atoms with E-state index in [2.05, 4.69) is 4.99 Å². The van der Waals surface area contributed by atoms with Gasteiger partial charge in [0.2, 0.25) is 6.08 Å². The highest BCUT2D eigenvalue weighted by Gasteiger charge is 2.36. The van der Waals surface area contributed by atoms with Gasteiger partial charge in [0.15, 0.2) is 9.84 Å². The number of aryl methyl sites for hydroxylation is 1. The molecule has 0 bridgehead atoms. The predicted octanol–water partition coefficient (Wildman–Crippen LogP) is 2.50. The minimum Gasteiger partial charge on any atom is -0.224 e. The van der Waals surface area contributed by atoms with Crippen LogP contribution in [0.4, 0.5) is 0 Å². The topological polar surface area (TPSA) is 63.6 Å². The SMILES string of the molecule is Cc1cc(S(C)(=O)=O)ccc1C1(N=C=O)CCCC1. The molecule has 1 aromatic rings. The standard InChI is InChI=1S/C14H17NO3S/c1-11-9-12(19(2,17)18)5-6-13(11)14(15-10-16)7-3-4-8-14/h5-6,9H,3-4,7-8H2,1-2H3. The van der Waals surface area contributed by atoms with Crippen LogP contribution in [0.1, 0.15) is 36.8 Å². The van der Waals surface area contributed by atoms with Crippen LogP contribution in [-0.4, -0.2) is 20.8 Å². The molecule has 0 heterocycles. The largest absolute Gasteiger partial charge is 0.235 e. The molecule has 1 aliphatic rings. The van der Waals surface area contributed by atoms with E-state index in [-0.39, 0.29) is 0 Å². The molecule has 4 nitrogen and oxygen atoms in total. The number of isocyanates is 1. The molecule has 1 aromatic carbocycles. The second-order valence-corrected chi connectivity index (χ2v) is 7.21. The van der Waals surface area contributed by atoms with Crippen LogP contribution < -0.4 is 0 Å². The first-order valence-corrected chi connectivity index (χ1v) is 8.18. The zero-order valence-electron chi connectivity index (χ0n) is 11.1. The average molecular weight is 279 g/mol. The normalized spacial score (nSPS) is 18.0. The monoisotopic (exact) mass is 279 g/mol. The maximum absolute atomic E-state index is 11.5. The number of sulfone groups is 1. The molecule has 0 aliphatic heterocycles. The lowest BCUT2D eigenvalue weighted by Crippen LogP contribution is -2.20. The molecular weight excluding hydrogens is 262 g/mol. The maximum atomic E-state index is 11.5. The summed E-state index contributed by atoms with van der Waals surface area (Å²) in [6, 6.07) is 5.04. The van der Waals surface area contributed by atoms with Crippen LogP contribution in [0, 0.1) is 6.92 Å². The van der Waals surface area contributed by atoms with Gasteiger partial charge in [0.25, 0.3) is 0 Å². The van der Waals surface area contributed by atoms with Gasteiger partial charge in [-0.15, -0.1) is 0 Å². The first-order chi connectivity index (χ1) is 8.89. The Morgan fingerprint density at radius 2 is 1.89 bits per heavy atom. The Hall–Kier alpha value is -1.45. The van der Waals surface area contributed by atoms with E-state index in [0.717, 1.165) is 36.8 Å². The lowest BCUT2D eigenvalue weighted by Gasteiger charge is -2.25. The summed E-state index contributed by atoms with van der Waals surface area (Å²) in [5.74, 6) is 0. The predicted molar refractivity (Wildman–Crippen MR) is 72.6 cm³/mol. The van der Waals surface area contributed by atoms with Crippen LogP contribution in [0.5, 0.6) is 0 Å². The van der Waals surface area contributed by atoms with E-state index >= 15 is 0 Å². The van der Waals surface area contributed by atoms with Crippen molar-refractivity contribution in [3.05, 3.63) is 29.3 Å². The highest BCUT2D eigenvalue weighted by molar-refractivity contribution is 7.90. The summed E-state index contributed by atoms with van der Waals surface area (Å²) in [7, 11) is -3.21. The zero-order chi connectivity index (χ0) is 14.1. The number of rotatable bonds is 3. The fourth-order valence-corrected chi connectivity index (χ4v) is 3.58. The Labute approximate surface area is 113 Å². The van der Waals surface area contributed by atoms with E-state index in [1.54, 1.807) is 24.3 Å². The van der Waals surface area contributed by atoms with E-state index < -0.39 is 15.4 Å². The molecule has 0 atom stereocenters. The van der Waals surface area contributed by atoms with Gasteiger partial charge in [-0.1, -0.05) is 18.9 Å². The van der Waals surface area contributed by atoms with Gasteiger partial charge in [0, 0.05) is 6.26 Å². The zero-order valence-corrected chi connectivity index (χ0v) is 12.0. The maximum Gasteiger partial charge on any atom is 0.235 e. The lowest BCUT2D eigenvalue weighted by molar-refractivity contribution is 0.453. The van der Waals surface area contributed by atoms with Crippen molar-refractivity contribution >= 4 is 15.9 Å². The van der Waals surface area contributed by atoms with Crippen molar-refractivity contribution in [2.24, 2.45) is 4.99 Å². The molecule has 0 N–H and O–H groups in total. The van der Waals surface area contributed by atoms with Crippen LogP contribution in [0.25, 0.3) is 0 Å². The molecule has 102 valence electrons. The van der Waals surface area contributed by atoms with E-state index in [0.29, 0.717) is 4.90 Å². The molecule has 0 radical (unpaired) electrons. The van der Waals surface area contributed by atoms with Crippen molar-refractivity contribution in [1.82, 2.24) is 0 Å². The number of nitrogens with zero attached hydrogens (tertiary/aromatic N) is 1. The second-order valence-electron chi connectivity index (χ2n) is 5.19. The minimum atomic E-state index is -3.21. The number of hydrogen-bond acceptors (Lipinski definition) is 4. The van der Waals surface area contributed by atoms with Crippen molar-refractivity contribution in [3.8, 4) is 0 Å². The summed E-state index contributed by atoms with van der Waals surface area (Å²) < 4.78 is 23.1. The highest BCUT2D eigenvalue weighted by atomic mass is 32.2. The second kappa shape index (κ2) is 4.91. The highest BCUT2D eigenvalue weighted by Crippen LogP contribution is 2.43. The number of benzene rings is 1. The van der Waals surface area contributed by atoms with Gasteiger partial charge >= 0.3 is 0 Å². The third-order valence-electron chi connectivity index (χ3n) is 3.82. The molecular formula is C14H17NO3S. The summed E-state index contributed by atoms with van der Waals surface area (Å²) >= 11 is 0. The third-order valence-corrected chi connectivity index (χ3v) is 4.93. The number of aliphatic imine (C=N–C) groups is 1.